The second-order valence-corrected chi connectivity index (χ2v) is 9.62. The highest BCUT2D eigenvalue weighted by molar-refractivity contribution is 5.66. The third-order valence-electron chi connectivity index (χ3n) is 6.34. The fourth-order valence-electron chi connectivity index (χ4n) is 4.21. The number of unbranched alkanes of at least 4 members (excludes halogenated alkanes) is 20. The molecule has 0 unspecified atom stereocenters. The van der Waals surface area contributed by atoms with Crippen molar-refractivity contribution in [1.82, 2.24) is 0 Å². The van der Waals surface area contributed by atoms with Crippen molar-refractivity contribution in [3.63, 3.8) is 0 Å². The van der Waals surface area contributed by atoms with Crippen molar-refractivity contribution in [3.8, 4) is 0 Å². The topological polar surface area (TPSA) is 37.3 Å². The van der Waals surface area contributed by atoms with Crippen LogP contribution in [0.1, 0.15) is 161 Å². The number of carbonyl (C=O) groups is 1. The number of carboxylic acids is 1. The van der Waals surface area contributed by atoms with Crippen LogP contribution >= 0.6 is 0 Å². The summed E-state index contributed by atoms with van der Waals surface area (Å²) < 4.78 is 0. The number of hydrogen-bond acceptors (Lipinski definition) is 1. The lowest BCUT2D eigenvalue weighted by atomic mass is 10.0. The zero-order chi connectivity index (χ0) is 23.4. The van der Waals surface area contributed by atoms with Crippen LogP contribution in [0.15, 0.2) is 24.3 Å². The zero-order valence-corrected chi connectivity index (χ0v) is 21.6. The summed E-state index contributed by atoms with van der Waals surface area (Å²) in [5, 5.41) is 8.60. The van der Waals surface area contributed by atoms with Crippen molar-refractivity contribution in [2.75, 3.05) is 0 Å². The maximum atomic E-state index is 10.4. The lowest BCUT2D eigenvalue weighted by Crippen LogP contribution is -1.93. The van der Waals surface area contributed by atoms with Gasteiger partial charge in [-0.25, -0.2) is 0 Å². The van der Waals surface area contributed by atoms with Gasteiger partial charge in [-0.3, -0.25) is 4.79 Å². The van der Waals surface area contributed by atoms with E-state index in [0.717, 1.165) is 19.3 Å². The highest BCUT2D eigenvalue weighted by atomic mass is 16.4. The molecule has 0 bridgehead atoms. The van der Waals surface area contributed by atoms with Gasteiger partial charge in [0, 0.05) is 6.42 Å². The van der Waals surface area contributed by atoms with Gasteiger partial charge in [0.25, 0.3) is 0 Å². The molecule has 0 spiro atoms. The Kier molecular flexibility index (Phi) is 27.1. The first-order valence-electron chi connectivity index (χ1n) is 14.3. The average molecular weight is 449 g/mol. The molecule has 1 N–H and O–H groups in total. The summed E-state index contributed by atoms with van der Waals surface area (Å²) in [4.78, 5) is 10.4. The summed E-state index contributed by atoms with van der Waals surface area (Å²) in [6.45, 7) is 2.28. The van der Waals surface area contributed by atoms with Gasteiger partial charge in [-0.2, -0.15) is 0 Å². The molecule has 0 aromatic carbocycles. The van der Waals surface area contributed by atoms with E-state index in [1.54, 1.807) is 0 Å². The van der Waals surface area contributed by atoms with Crippen LogP contribution in [0.4, 0.5) is 0 Å². The van der Waals surface area contributed by atoms with E-state index in [-0.39, 0.29) is 0 Å². The molecule has 0 radical (unpaired) electrons. The van der Waals surface area contributed by atoms with E-state index < -0.39 is 5.97 Å². The summed E-state index contributed by atoms with van der Waals surface area (Å²) in [6.07, 6.45) is 40.0. The third-order valence-corrected chi connectivity index (χ3v) is 6.34. The molecule has 0 aliphatic rings. The van der Waals surface area contributed by atoms with Gasteiger partial charge >= 0.3 is 5.97 Å². The normalized spacial score (nSPS) is 11.8. The first kappa shape index (κ1) is 30.9. The molecule has 2 heteroatoms. The summed E-state index contributed by atoms with van der Waals surface area (Å²) in [6, 6.07) is 0. The van der Waals surface area contributed by atoms with E-state index >= 15 is 0 Å². The zero-order valence-electron chi connectivity index (χ0n) is 21.6. The van der Waals surface area contributed by atoms with E-state index in [9.17, 15) is 4.79 Å². The fraction of sp³-hybridized carbons (Fsp3) is 0.833. The Morgan fingerprint density at radius 2 is 0.844 bits per heavy atom. The van der Waals surface area contributed by atoms with E-state index in [1.807, 2.05) is 0 Å². The monoisotopic (exact) mass is 448 g/mol. The molecule has 0 saturated carbocycles. The Hall–Kier alpha value is -1.05. The standard InChI is InChI=1S/C30H56O2/c1-2-3-4-5-6-7-8-9-10-11-12-13-14-15-16-17-18-19-20-21-22-23-24-25-26-27-28-29-30(31)32/h11-12,14-15H,2-10,13,16-29H2,1H3,(H,31,32). The lowest BCUT2D eigenvalue weighted by Gasteiger charge is -2.02. The quantitative estimate of drug-likeness (QED) is 0.105. The smallest absolute Gasteiger partial charge is 0.303 e. The van der Waals surface area contributed by atoms with Gasteiger partial charge in [-0.15, -0.1) is 0 Å². The predicted molar refractivity (Wildman–Crippen MR) is 142 cm³/mol. The van der Waals surface area contributed by atoms with Gasteiger partial charge in [0.15, 0.2) is 0 Å². The molecule has 0 fully saturated rings. The van der Waals surface area contributed by atoms with Crippen LogP contribution in [0.2, 0.25) is 0 Å². The number of hydrogen-bond donors (Lipinski definition) is 1. The summed E-state index contributed by atoms with van der Waals surface area (Å²) in [7, 11) is 0. The first-order valence-corrected chi connectivity index (χ1v) is 14.3. The van der Waals surface area contributed by atoms with Crippen LogP contribution in [0.25, 0.3) is 0 Å². The average Bonchev–Trinajstić information content (AvgIpc) is 2.78. The molecule has 0 aromatic heterocycles. The number of aliphatic carboxylic acids is 1. The molecule has 0 aliphatic carbocycles. The van der Waals surface area contributed by atoms with Crippen molar-refractivity contribution in [2.24, 2.45) is 0 Å². The van der Waals surface area contributed by atoms with Crippen LogP contribution in [0, 0.1) is 0 Å². The van der Waals surface area contributed by atoms with Gasteiger partial charge in [-0.05, 0) is 38.5 Å². The SMILES string of the molecule is CCCCCCCCCCC=CCC=CCCCCCCCCCCCCCCC(=O)O. The summed E-state index contributed by atoms with van der Waals surface area (Å²) in [5.74, 6) is -0.655. The van der Waals surface area contributed by atoms with Gasteiger partial charge in [-0.1, -0.05) is 140 Å². The second-order valence-electron chi connectivity index (χ2n) is 9.62. The summed E-state index contributed by atoms with van der Waals surface area (Å²) in [5.41, 5.74) is 0. The fourth-order valence-corrected chi connectivity index (χ4v) is 4.21. The minimum atomic E-state index is -0.655. The molecule has 0 aromatic rings. The third kappa shape index (κ3) is 28.9. The van der Waals surface area contributed by atoms with Crippen LogP contribution in [0.3, 0.4) is 0 Å². The predicted octanol–water partition coefficient (Wildman–Crippen LogP) is 10.6. The number of rotatable bonds is 26. The number of allylic oxidation sites excluding steroid dienone is 4. The molecular formula is C30H56O2. The molecule has 0 heterocycles. The largest absolute Gasteiger partial charge is 0.481 e. The second kappa shape index (κ2) is 28.0. The summed E-state index contributed by atoms with van der Waals surface area (Å²) >= 11 is 0. The molecule has 0 atom stereocenters. The van der Waals surface area contributed by atoms with Crippen molar-refractivity contribution in [3.05, 3.63) is 24.3 Å². The maximum absolute atomic E-state index is 10.4. The van der Waals surface area contributed by atoms with Gasteiger partial charge in [0.1, 0.15) is 0 Å². The van der Waals surface area contributed by atoms with E-state index in [0.29, 0.717) is 6.42 Å². The molecule has 2 nitrogen and oxygen atoms in total. The Bertz CT molecular complexity index is 425. The first-order chi connectivity index (χ1) is 15.8. The van der Waals surface area contributed by atoms with Crippen LogP contribution in [-0.2, 0) is 4.79 Å². The molecule has 0 amide bonds. The minimum absolute atomic E-state index is 0.340. The molecular weight excluding hydrogens is 392 g/mol. The van der Waals surface area contributed by atoms with E-state index in [2.05, 4.69) is 31.2 Å². The van der Waals surface area contributed by atoms with Crippen molar-refractivity contribution >= 4 is 5.97 Å². The molecule has 188 valence electrons. The highest BCUT2D eigenvalue weighted by Gasteiger charge is 1.97. The maximum Gasteiger partial charge on any atom is 0.303 e. The Balaban J connectivity index is 3.15. The van der Waals surface area contributed by atoms with Crippen LogP contribution in [0.5, 0.6) is 0 Å². The van der Waals surface area contributed by atoms with Crippen molar-refractivity contribution in [1.29, 1.82) is 0 Å². The van der Waals surface area contributed by atoms with Crippen LogP contribution in [-0.4, -0.2) is 11.1 Å². The van der Waals surface area contributed by atoms with Gasteiger partial charge in [0.05, 0.1) is 0 Å². The van der Waals surface area contributed by atoms with Crippen LogP contribution < -0.4 is 0 Å². The van der Waals surface area contributed by atoms with Gasteiger partial charge < -0.3 is 5.11 Å². The molecule has 0 saturated heterocycles. The molecule has 32 heavy (non-hydrogen) atoms. The minimum Gasteiger partial charge on any atom is -0.481 e. The Labute approximate surface area is 201 Å². The van der Waals surface area contributed by atoms with Crippen molar-refractivity contribution in [2.45, 2.75) is 161 Å². The number of carboxylic acid groups (broad SMARTS) is 1. The Morgan fingerprint density at radius 3 is 1.22 bits per heavy atom. The Morgan fingerprint density at radius 1 is 0.500 bits per heavy atom. The molecule has 0 rings (SSSR count). The van der Waals surface area contributed by atoms with E-state index in [4.69, 9.17) is 5.11 Å². The molecule has 0 aliphatic heterocycles. The highest BCUT2D eigenvalue weighted by Crippen LogP contribution is 2.13. The van der Waals surface area contributed by atoms with E-state index in [1.165, 1.54) is 128 Å². The lowest BCUT2D eigenvalue weighted by molar-refractivity contribution is -0.137. The van der Waals surface area contributed by atoms with Crippen molar-refractivity contribution < 1.29 is 9.90 Å². The van der Waals surface area contributed by atoms with Gasteiger partial charge in [0.2, 0.25) is 0 Å².